The lowest BCUT2D eigenvalue weighted by atomic mass is 10.2. The van der Waals surface area contributed by atoms with Gasteiger partial charge in [-0.25, -0.2) is 0 Å². The normalized spacial score (nSPS) is 11.1. The molecule has 0 saturated carbocycles. The first kappa shape index (κ1) is 21.0. The molecule has 0 unspecified atom stereocenters. The summed E-state index contributed by atoms with van der Waals surface area (Å²) in [6.07, 6.45) is 4.09. The first-order valence-corrected chi connectivity index (χ1v) is 6.72. The average Bonchev–Trinajstić information content (AvgIpc) is 2.33. The zero-order chi connectivity index (χ0) is 13.8. The van der Waals surface area contributed by atoms with Crippen molar-refractivity contribution in [1.29, 1.82) is 0 Å². The van der Waals surface area contributed by atoms with Crippen molar-refractivity contribution in [2.75, 3.05) is 40.4 Å². The Bertz CT molecular complexity index is 245. The number of nitrogens with one attached hydrogen (secondary N) is 1. The van der Waals surface area contributed by atoms with Crippen molar-refractivity contribution in [1.82, 2.24) is 10.2 Å². The summed E-state index contributed by atoms with van der Waals surface area (Å²) in [5.41, 5.74) is 0. The van der Waals surface area contributed by atoms with Gasteiger partial charge in [0.2, 0.25) is 0 Å². The van der Waals surface area contributed by atoms with E-state index in [-0.39, 0.29) is 24.0 Å². The quantitative estimate of drug-likeness (QED) is 0.219. The van der Waals surface area contributed by atoms with Gasteiger partial charge in [-0.05, 0) is 18.8 Å². The SMILES string of the molecule is C=CCCCN(C)C(=NC)NCCOCC(C)C.I. The summed E-state index contributed by atoms with van der Waals surface area (Å²) in [5, 5.41) is 3.29. The highest BCUT2D eigenvalue weighted by molar-refractivity contribution is 14.0. The van der Waals surface area contributed by atoms with Gasteiger partial charge in [0.1, 0.15) is 0 Å². The van der Waals surface area contributed by atoms with Crippen LogP contribution in [0.2, 0.25) is 0 Å². The van der Waals surface area contributed by atoms with E-state index in [1.165, 1.54) is 0 Å². The Morgan fingerprint density at radius 3 is 2.68 bits per heavy atom. The zero-order valence-corrected chi connectivity index (χ0v) is 15.1. The number of aliphatic imine (C=N–C) groups is 1. The molecule has 0 aromatic rings. The standard InChI is InChI=1S/C14H29N3O.HI/c1-6-7-8-10-17(5)14(15-4)16-9-11-18-12-13(2)3;/h6,13H,1,7-12H2,2-5H3,(H,15,16);1H. The van der Waals surface area contributed by atoms with E-state index in [0.717, 1.165) is 45.1 Å². The van der Waals surface area contributed by atoms with Gasteiger partial charge in [-0.1, -0.05) is 19.9 Å². The van der Waals surface area contributed by atoms with Gasteiger partial charge in [-0.2, -0.15) is 0 Å². The molecule has 0 aromatic heterocycles. The topological polar surface area (TPSA) is 36.9 Å². The molecule has 0 aliphatic rings. The minimum absolute atomic E-state index is 0. The van der Waals surface area contributed by atoms with Crippen LogP contribution < -0.4 is 5.32 Å². The van der Waals surface area contributed by atoms with E-state index in [1.807, 2.05) is 13.1 Å². The Morgan fingerprint density at radius 2 is 2.16 bits per heavy atom. The molecule has 19 heavy (non-hydrogen) atoms. The van der Waals surface area contributed by atoms with Crippen LogP contribution in [0.4, 0.5) is 0 Å². The molecule has 0 radical (unpaired) electrons. The van der Waals surface area contributed by atoms with Gasteiger partial charge in [0.15, 0.2) is 5.96 Å². The van der Waals surface area contributed by atoms with Crippen molar-refractivity contribution in [3.8, 4) is 0 Å². The van der Waals surface area contributed by atoms with Crippen molar-refractivity contribution in [3.05, 3.63) is 12.7 Å². The fourth-order valence-electron chi connectivity index (χ4n) is 1.52. The van der Waals surface area contributed by atoms with Crippen LogP contribution in [0.1, 0.15) is 26.7 Å². The maximum Gasteiger partial charge on any atom is 0.193 e. The summed E-state index contributed by atoms with van der Waals surface area (Å²) in [6.45, 7) is 11.3. The largest absolute Gasteiger partial charge is 0.379 e. The van der Waals surface area contributed by atoms with Crippen molar-refractivity contribution in [3.63, 3.8) is 0 Å². The maximum absolute atomic E-state index is 5.52. The minimum atomic E-state index is 0. The van der Waals surface area contributed by atoms with E-state index < -0.39 is 0 Å². The van der Waals surface area contributed by atoms with Gasteiger partial charge in [0.05, 0.1) is 6.61 Å². The lowest BCUT2D eigenvalue weighted by molar-refractivity contribution is 0.114. The fraction of sp³-hybridized carbons (Fsp3) is 0.786. The van der Waals surface area contributed by atoms with Crippen LogP contribution >= 0.6 is 24.0 Å². The Hall–Kier alpha value is -0.300. The molecular formula is C14H30IN3O. The molecule has 4 nitrogen and oxygen atoms in total. The number of halogens is 1. The number of guanidine groups is 1. The molecule has 5 heteroatoms. The van der Waals surface area contributed by atoms with Crippen molar-refractivity contribution in [2.45, 2.75) is 26.7 Å². The maximum atomic E-state index is 5.52. The number of unbranched alkanes of at least 4 members (excludes halogenated alkanes) is 1. The highest BCUT2D eigenvalue weighted by atomic mass is 127. The van der Waals surface area contributed by atoms with E-state index >= 15 is 0 Å². The molecule has 0 saturated heterocycles. The van der Waals surface area contributed by atoms with E-state index in [4.69, 9.17) is 4.74 Å². The fourth-order valence-corrected chi connectivity index (χ4v) is 1.52. The first-order valence-electron chi connectivity index (χ1n) is 6.72. The van der Waals surface area contributed by atoms with Crippen molar-refractivity contribution >= 4 is 29.9 Å². The van der Waals surface area contributed by atoms with Crippen molar-refractivity contribution < 1.29 is 4.74 Å². The molecule has 0 atom stereocenters. The van der Waals surface area contributed by atoms with E-state index in [9.17, 15) is 0 Å². The molecular weight excluding hydrogens is 353 g/mol. The molecule has 1 N–H and O–H groups in total. The molecule has 0 bridgehead atoms. The molecule has 0 aromatic carbocycles. The zero-order valence-electron chi connectivity index (χ0n) is 12.8. The second kappa shape index (κ2) is 14.1. The average molecular weight is 383 g/mol. The second-order valence-electron chi connectivity index (χ2n) is 4.80. The molecule has 0 fully saturated rings. The van der Waals surface area contributed by atoms with Gasteiger partial charge < -0.3 is 15.0 Å². The molecule has 0 heterocycles. The highest BCUT2D eigenvalue weighted by Gasteiger charge is 2.04. The Morgan fingerprint density at radius 1 is 1.47 bits per heavy atom. The van der Waals surface area contributed by atoms with Crippen LogP contribution in [0, 0.1) is 5.92 Å². The molecule has 0 spiro atoms. The summed E-state index contributed by atoms with van der Waals surface area (Å²) in [5.74, 6) is 1.51. The molecule has 0 amide bonds. The Balaban J connectivity index is 0. The molecule has 0 aliphatic carbocycles. The number of nitrogens with zero attached hydrogens (tertiary/aromatic N) is 2. The smallest absolute Gasteiger partial charge is 0.193 e. The predicted molar refractivity (Wildman–Crippen MR) is 94.5 cm³/mol. The number of hydrogen-bond donors (Lipinski definition) is 1. The third kappa shape index (κ3) is 12.5. The number of hydrogen-bond acceptors (Lipinski definition) is 2. The van der Waals surface area contributed by atoms with Crippen LogP contribution in [0.25, 0.3) is 0 Å². The lowest BCUT2D eigenvalue weighted by Gasteiger charge is -2.21. The Kier molecular flexibility index (Phi) is 15.6. The number of allylic oxidation sites excluding steroid dienone is 1. The lowest BCUT2D eigenvalue weighted by Crippen LogP contribution is -2.40. The van der Waals surface area contributed by atoms with Gasteiger partial charge >= 0.3 is 0 Å². The monoisotopic (exact) mass is 383 g/mol. The minimum Gasteiger partial charge on any atom is -0.379 e. The van der Waals surface area contributed by atoms with Crippen LogP contribution in [0.15, 0.2) is 17.6 Å². The van der Waals surface area contributed by atoms with Gasteiger partial charge in [0, 0.05) is 33.8 Å². The second-order valence-corrected chi connectivity index (χ2v) is 4.80. The van der Waals surface area contributed by atoms with Gasteiger partial charge in [-0.3, -0.25) is 4.99 Å². The van der Waals surface area contributed by atoms with Crippen LogP contribution in [-0.4, -0.2) is 51.3 Å². The third-order valence-corrected chi connectivity index (χ3v) is 2.46. The molecule has 0 rings (SSSR count). The van der Waals surface area contributed by atoms with E-state index in [1.54, 1.807) is 7.05 Å². The van der Waals surface area contributed by atoms with Gasteiger partial charge in [0.25, 0.3) is 0 Å². The molecule has 114 valence electrons. The van der Waals surface area contributed by atoms with E-state index in [0.29, 0.717) is 5.92 Å². The number of ether oxygens (including phenoxy) is 1. The summed E-state index contributed by atoms with van der Waals surface area (Å²) in [4.78, 5) is 6.38. The summed E-state index contributed by atoms with van der Waals surface area (Å²) in [7, 11) is 3.86. The summed E-state index contributed by atoms with van der Waals surface area (Å²) < 4.78 is 5.52. The van der Waals surface area contributed by atoms with Crippen LogP contribution in [-0.2, 0) is 4.74 Å². The molecule has 0 aliphatic heterocycles. The Labute approximate surface area is 135 Å². The van der Waals surface area contributed by atoms with Crippen LogP contribution in [0.5, 0.6) is 0 Å². The van der Waals surface area contributed by atoms with Crippen LogP contribution in [0.3, 0.4) is 0 Å². The summed E-state index contributed by atoms with van der Waals surface area (Å²) >= 11 is 0. The number of rotatable bonds is 9. The van der Waals surface area contributed by atoms with Gasteiger partial charge in [-0.15, -0.1) is 30.6 Å². The highest BCUT2D eigenvalue weighted by Crippen LogP contribution is 1.94. The first-order chi connectivity index (χ1) is 8.61. The predicted octanol–water partition coefficient (Wildman–Crippen LogP) is 2.75. The summed E-state index contributed by atoms with van der Waals surface area (Å²) in [6, 6.07) is 0. The van der Waals surface area contributed by atoms with E-state index in [2.05, 4.69) is 35.6 Å². The third-order valence-electron chi connectivity index (χ3n) is 2.46. The van der Waals surface area contributed by atoms with Crippen molar-refractivity contribution in [2.24, 2.45) is 10.9 Å².